The Morgan fingerprint density at radius 1 is 1.33 bits per heavy atom. The van der Waals surface area contributed by atoms with Crippen molar-refractivity contribution in [3.8, 4) is 0 Å². The second kappa shape index (κ2) is 5.40. The normalized spacial score (nSPS) is 27.1. The maximum atomic E-state index is 12.5. The van der Waals surface area contributed by atoms with Crippen LogP contribution in [0.25, 0.3) is 0 Å². The van der Waals surface area contributed by atoms with Crippen LogP contribution in [0.2, 0.25) is 0 Å². The molecular formula is C15H20N2O3S. The zero-order valence-electron chi connectivity index (χ0n) is 12.1. The lowest BCUT2D eigenvalue weighted by Gasteiger charge is -2.36. The van der Waals surface area contributed by atoms with Gasteiger partial charge in [-0.15, -0.1) is 11.3 Å². The van der Waals surface area contributed by atoms with Crippen LogP contribution in [0.4, 0.5) is 0 Å². The van der Waals surface area contributed by atoms with Crippen LogP contribution in [-0.4, -0.2) is 22.0 Å². The van der Waals surface area contributed by atoms with Crippen LogP contribution < -0.4 is 5.32 Å². The molecule has 21 heavy (non-hydrogen) atoms. The minimum Gasteiger partial charge on any atom is -0.481 e. The van der Waals surface area contributed by atoms with Crippen molar-refractivity contribution >= 4 is 23.2 Å². The van der Waals surface area contributed by atoms with Gasteiger partial charge in [0.1, 0.15) is 5.01 Å². The van der Waals surface area contributed by atoms with Crippen molar-refractivity contribution in [2.75, 3.05) is 0 Å². The van der Waals surface area contributed by atoms with Crippen LogP contribution in [0.1, 0.15) is 49.2 Å². The highest BCUT2D eigenvalue weighted by atomic mass is 32.1. The minimum atomic E-state index is -0.855. The van der Waals surface area contributed by atoms with Gasteiger partial charge in [0.05, 0.1) is 17.4 Å². The van der Waals surface area contributed by atoms with Crippen LogP contribution in [0.5, 0.6) is 0 Å². The molecule has 0 aliphatic heterocycles. The summed E-state index contributed by atoms with van der Waals surface area (Å²) in [5, 5.41) is 15.2. The third-order valence-electron chi connectivity index (χ3n) is 4.78. The molecule has 2 N–H and O–H groups in total. The van der Waals surface area contributed by atoms with Gasteiger partial charge in [0, 0.05) is 11.1 Å². The first-order valence-electron chi connectivity index (χ1n) is 7.49. The molecule has 2 fully saturated rings. The summed E-state index contributed by atoms with van der Waals surface area (Å²) in [4.78, 5) is 28.1. The molecule has 2 atom stereocenters. The maximum absolute atomic E-state index is 12.5. The lowest BCUT2D eigenvalue weighted by molar-refractivity contribution is -0.153. The molecule has 2 aliphatic rings. The number of amides is 1. The number of rotatable bonds is 4. The Labute approximate surface area is 127 Å². The van der Waals surface area contributed by atoms with E-state index in [9.17, 15) is 9.59 Å². The molecule has 1 aromatic heterocycles. The fraction of sp³-hybridized carbons (Fsp3) is 0.667. The van der Waals surface area contributed by atoms with Crippen LogP contribution in [0, 0.1) is 18.8 Å². The third-order valence-corrected chi connectivity index (χ3v) is 5.94. The Morgan fingerprint density at radius 2 is 2.00 bits per heavy atom. The summed E-state index contributed by atoms with van der Waals surface area (Å²) in [6.07, 6.45) is 5.23. The van der Waals surface area contributed by atoms with Gasteiger partial charge in [0.15, 0.2) is 0 Å². The minimum absolute atomic E-state index is 0.108. The van der Waals surface area contributed by atoms with E-state index in [0.717, 1.165) is 36.4 Å². The standard InChI is InChI=1S/C15H20N2O3S/c1-9-8-21-14(16-9)15(6-2-3-7-15)17-12(18)10-4-5-11(10)13(19)20/h8,10-11H,2-7H2,1H3,(H,17,18)(H,19,20). The predicted molar refractivity (Wildman–Crippen MR) is 79.0 cm³/mol. The second-order valence-electron chi connectivity index (χ2n) is 6.20. The fourth-order valence-electron chi connectivity index (χ4n) is 3.38. The van der Waals surface area contributed by atoms with Crippen molar-refractivity contribution in [2.45, 2.75) is 51.0 Å². The lowest BCUT2D eigenvalue weighted by atomic mass is 9.72. The number of hydrogen-bond acceptors (Lipinski definition) is 4. The Balaban J connectivity index is 1.77. The van der Waals surface area contributed by atoms with Gasteiger partial charge in [-0.05, 0) is 32.6 Å². The topological polar surface area (TPSA) is 79.3 Å². The summed E-state index contributed by atoms with van der Waals surface area (Å²) in [6.45, 7) is 1.96. The Hall–Kier alpha value is -1.43. The molecule has 0 bridgehead atoms. The number of carbonyl (C=O) groups is 2. The van der Waals surface area contributed by atoms with Crippen LogP contribution in [0.3, 0.4) is 0 Å². The van der Waals surface area contributed by atoms with E-state index in [1.165, 1.54) is 0 Å². The number of thiazole rings is 1. The number of carbonyl (C=O) groups excluding carboxylic acids is 1. The second-order valence-corrected chi connectivity index (χ2v) is 7.06. The van der Waals surface area contributed by atoms with Crippen molar-refractivity contribution in [1.82, 2.24) is 10.3 Å². The first-order chi connectivity index (χ1) is 10.0. The monoisotopic (exact) mass is 308 g/mol. The highest BCUT2D eigenvalue weighted by Gasteiger charge is 2.46. The maximum Gasteiger partial charge on any atom is 0.307 e. The van der Waals surface area contributed by atoms with Gasteiger partial charge in [0.25, 0.3) is 0 Å². The van der Waals surface area contributed by atoms with E-state index in [1.807, 2.05) is 12.3 Å². The summed E-state index contributed by atoms with van der Waals surface area (Å²) in [5.74, 6) is -1.85. The average molecular weight is 308 g/mol. The Morgan fingerprint density at radius 3 is 2.48 bits per heavy atom. The molecule has 0 radical (unpaired) electrons. The van der Waals surface area contributed by atoms with Crippen molar-refractivity contribution in [3.05, 3.63) is 16.1 Å². The van der Waals surface area contributed by atoms with E-state index in [2.05, 4.69) is 10.3 Å². The van der Waals surface area contributed by atoms with Gasteiger partial charge in [0.2, 0.25) is 5.91 Å². The molecule has 114 valence electrons. The molecule has 1 heterocycles. The molecule has 1 amide bonds. The molecule has 2 unspecified atom stereocenters. The smallest absolute Gasteiger partial charge is 0.307 e. The molecule has 1 aromatic rings. The Bertz CT molecular complexity index is 563. The summed E-state index contributed by atoms with van der Waals surface area (Å²) in [5.41, 5.74) is 0.608. The van der Waals surface area contributed by atoms with E-state index in [4.69, 9.17) is 5.11 Å². The summed E-state index contributed by atoms with van der Waals surface area (Å²) in [6, 6.07) is 0. The number of nitrogens with one attached hydrogen (secondary N) is 1. The molecular weight excluding hydrogens is 288 g/mol. The van der Waals surface area contributed by atoms with E-state index >= 15 is 0 Å². The van der Waals surface area contributed by atoms with E-state index in [-0.39, 0.29) is 17.4 Å². The number of hydrogen-bond donors (Lipinski definition) is 2. The zero-order chi connectivity index (χ0) is 15.0. The highest BCUT2D eigenvalue weighted by Crippen LogP contribution is 2.42. The predicted octanol–water partition coefficient (Wildman–Crippen LogP) is 2.45. The molecule has 0 spiro atoms. The van der Waals surface area contributed by atoms with Crippen molar-refractivity contribution in [1.29, 1.82) is 0 Å². The Kier molecular flexibility index (Phi) is 3.73. The van der Waals surface area contributed by atoms with Gasteiger partial charge in [-0.1, -0.05) is 12.8 Å². The van der Waals surface area contributed by atoms with Crippen molar-refractivity contribution in [2.24, 2.45) is 11.8 Å². The zero-order valence-corrected chi connectivity index (χ0v) is 12.9. The number of nitrogens with zero attached hydrogens (tertiary/aromatic N) is 1. The number of aromatic nitrogens is 1. The van der Waals surface area contributed by atoms with Crippen LogP contribution in [-0.2, 0) is 15.1 Å². The SMILES string of the molecule is Cc1csc(C2(NC(=O)C3CCC3C(=O)O)CCCC2)n1. The fourth-order valence-corrected chi connectivity index (χ4v) is 4.39. The molecule has 0 saturated heterocycles. The lowest BCUT2D eigenvalue weighted by Crippen LogP contribution is -2.51. The molecule has 0 aromatic carbocycles. The molecule has 2 saturated carbocycles. The van der Waals surface area contributed by atoms with Gasteiger partial charge < -0.3 is 10.4 Å². The molecule has 6 heteroatoms. The summed E-state index contributed by atoms with van der Waals surface area (Å²) >= 11 is 1.59. The summed E-state index contributed by atoms with van der Waals surface area (Å²) in [7, 11) is 0. The number of carboxylic acid groups (broad SMARTS) is 1. The summed E-state index contributed by atoms with van der Waals surface area (Å²) < 4.78 is 0. The van der Waals surface area contributed by atoms with Gasteiger partial charge >= 0.3 is 5.97 Å². The largest absolute Gasteiger partial charge is 0.481 e. The van der Waals surface area contributed by atoms with Crippen molar-refractivity contribution < 1.29 is 14.7 Å². The van der Waals surface area contributed by atoms with E-state index < -0.39 is 11.9 Å². The van der Waals surface area contributed by atoms with E-state index in [0.29, 0.717) is 12.8 Å². The highest BCUT2D eigenvalue weighted by molar-refractivity contribution is 7.09. The third kappa shape index (κ3) is 2.57. The molecule has 2 aliphatic carbocycles. The quantitative estimate of drug-likeness (QED) is 0.895. The number of aliphatic carboxylic acids is 1. The first-order valence-corrected chi connectivity index (χ1v) is 8.37. The molecule has 3 rings (SSSR count). The van der Waals surface area contributed by atoms with Crippen LogP contribution >= 0.6 is 11.3 Å². The molecule has 5 nitrogen and oxygen atoms in total. The number of aryl methyl sites for hydroxylation is 1. The average Bonchev–Trinajstić information content (AvgIpc) is 2.96. The van der Waals surface area contributed by atoms with Gasteiger partial charge in [-0.25, -0.2) is 4.98 Å². The van der Waals surface area contributed by atoms with Crippen molar-refractivity contribution in [3.63, 3.8) is 0 Å². The van der Waals surface area contributed by atoms with Gasteiger partial charge in [-0.3, -0.25) is 9.59 Å². The van der Waals surface area contributed by atoms with Crippen LogP contribution in [0.15, 0.2) is 5.38 Å². The first kappa shape index (κ1) is 14.5. The van der Waals surface area contributed by atoms with E-state index in [1.54, 1.807) is 11.3 Å². The van der Waals surface area contributed by atoms with Gasteiger partial charge in [-0.2, -0.15) is 0 Å². The number of carboxylic acids is 1.